The average Bonchev–Trinajstić information content (AvgIpc) is 2.44. The van der Waals surface area contributed by atoms with Crippen molar-refractivity contribution in [3.63, 3.8) is 0 Å². The van der Waals surface area contributed by atoms with E-state index in [0.717, 1.165) is 0 Å². The molecule has 0 bridgehead atoms. The highest BCUT2D eigenvalue weighted by Crippen LogP contribution is 2.09. The maximum Gasteiger partial charge on any atom is 0.251 e. The predicted octanol–water partition coefficient (Wildman–Crippen LogP) is 2.00. The number of hydrogen-bond acceptors (Lipinski definition) is 3. The quantitative estimate of drug-likeness (QED) is 0.722. The van der Waals surface area contributed by atoms with Crippen LogP contribution in [0.2, 0.25) is 5.02 Å². The highest BCUT2D eigenvalue weighted by atomic mass is 35.5. The molecule has 0 heterocycles. The van der Waals surface area contributed by atoms with Crippen molar-refractivity contribution in [2.24, 2.45) is 0 Å². The Morgan fingerprint density at radius 3 is 2.57 bits per heavy atom. The van der Waals surface area contributed by atoms with Crippen LogP contribution in [-0.2, 0) is 9.53 Å². The summed E-state index contributed by atoms with van der Waals surface area (Å²) in [6.07, 6.45) is 0.958. The first kappa shape index (κ1) is 17.5. The number of halogens is 1. The van der Waals surface area contributed by atoms with Crippen LogP contribution in [0.5, 0.6) is 0 Å². The summed E-state index contributed by atoms with van der Waals surface area (Å²) in [5.41, 5.74) is 0.553. The van der Waals surface area contributed by atoms with Crippen molar-refractivity contribution in [1.82, 2.24) is 10.6 Å². The third-order valence-electron chi connectivity index (χ3n) is 2.80. The molecule has 0 unspecified atom stereocenters. The second-order valence-electron chi connectivity index (χ2n) is 4.79. The van der Waals surface area contributed by atoms with Gasteiger partial charge in [0.15, 0.2) is 0 Å². The number of nitrogens with one attached hydrogen (secondary N) is 2. The number of hydrogen-bond donors (Lipinski definition) is 2. The van der Waals surface area contributed by atoms with Crippen LogP contribution >= 0.6 is 11.6 Å². The first-order chi connectivity index (χ1) is 10.0. The van der Waals surface area contributed by atoms with E-state index in [-0.39, 0.29) is 17.9 Å². The van der Waals surface area contributed by atoms with Gasteiger partial charge >= 0.3 is 0 Å². The largest absolute Gasteiger partial charge is 0.383 e. The minimum Gasteiger partial charge on any atom is -0.383 e. The first-order valence-corrected chi connectivity index (χ1v) is 7.22. The van der Waals surface area contributed by atoms with Crippen LogP contribution in [0.1, 0.15) is 30.1 Å². The standard InChI is InChI=1S/C15H21ClN2O3/c1-11(10-21-2)18-14(19)4-3-9-17-15(20)12-5-7-13(16)8-6-12/h5-8,11H,3-4,9-10H2,1-2H3,(H,17,20)(H,18,19)/t11-/m1/s1. The third-order valence-corrected chi connectivity index (χ3v) is 3.05. The molecule has 1 atom stereocenters. The van der Waals surface area contributed by atoms with E-state index in [1.165, 1.54) is 0 Å². The fourth-order valence-corrected chi connectivity index (χ4v) is 1.92. The molecule has 0 aliphatic rings. The number of ether oxygens (including phenoxy) is 1. The lowest BCUT2D eigenvalue weighted by molar-refractivity contribution is -0.122. The lowest BCUT2D eigenvalue weighted by Gasteiger charge is -2.12. The molecule has 1 aromatic rings. The molecule has 0 radical (unpaired) electrons. The van der Waals surface area contributed by atoms with Crippen LogP contribution in [0.25, 0.3) is 0 Å². The van der Waals surface area contributed by atoms with Gasteiger partial charge in [0, 0.05) is 36.7 Å². The maximum atomic E-state index is 11.8. The molecule has 116 valence electrons. The Hall–Kier alpha value is -1.59. The summed E-state index contributed by atoms with van der Waals surface area (Å²) in [7, 11) is 1.59. The molecule has 0 saturated heterocycles. The van der Waals surface area contributed by atoms with E-state index in [1.807, 2.05) is 6.92 Å². The average molecular weight is 313 g/mol. The molecular weight excluding hydrogens is 292 g/mol. The Labute approximate surface area is 130 Å². The number of methoxy groups -OCH3 is 1. The Bertz CT molecular complexity index is 462. The van der Waals surface area contributed by atoms with E-state index in [2.05, 4.69) is 10.6 Å². The number of benzene rings is 1. The smallest absolute Gasteiger partial charge is 0.251 e. The Kier molecular flexibility index (Phi) is 7.79. The van der Waals surface area contributed by atoms with Gasteiger partial charge in [-0.2, -0.15) is 0 Å². The van der Waals surface area contributed by atoms with Gasteiger partial charge < -0.3 is 15.4 Å². The van der Waals surface area contributed by atoms with Crippen LogP contribution in [-0.4, -0.2) is 38.1 Å². The van der Waals surface area contributed by atoms with Crippen molar-refractivity contribution in [2.75, 3.05) is 20.3 Å². The highest BCUT2D eigenvalue weighted by Gasteiger charge is 2.08. The molecule has 0 aliphatic carbocycles. The van der Waals surface area contributed by atoms with Crippen LogP contribution in [0.4, 0.5) is 0 Å². The van der Waals surface area contributed by atoms with Crippen molar-refractivity contribution in [2.45, 2.75) is 25.8 Å². The fourth-order valence-electron chi connectivity index (χ4n) is 1.79. The summed E-state index contributed by atoms with van der Waals surface area (Å²) in [5.74, 6) is -0.208. The van der Waals surface area contributed by atoms with E-state index >= 15 is 0 Å². The van der Waals surface area contributed by atoms with Crippen LogP contribution in [0, 0.1) is 0 Å². The summed E-state index contributed by atoms with van der Waals surface area (Å²) < 4.78 is 4.94. The SMILES string of the molecule is COC[C@@H](C)NC(=O)CCCNC(=O)c1ccc(Cl)cc1. The van der Waals surface area contributed by atoms with Gasteiger partial charge in [0.1, 0.15) is 0 Å². The minimum atomic E-state index is -0.167. The zero-order chi connectivity index (χ0) is 15.7. The van der Waals surface area contributed by atoms with Crippen LogP contribution < -0.4 is 10.6 Å². The minimum absolute atomic E-state index is 0.00819. The van der Waals surface area contributed by atoms with Crippen molar-refractivity contribution in [3.8, 4) is 0 Å². The summed E-state index contributed by atoms with van der Waals surface area (Å²) in [5, 5.41) is 6.17. The van der Waals surface area contributed by atoms with Crippen LogP contribution in [0.15, 0.2) is 24.3 Å². The summed E-state index contributed by atoms with van der Waals surface area (Å²) in [6.45, 7) is 2.82. The Morgan fingerprint density at radius 2 is 1.95 bits per heavy atom. The van der Waals surface area contributed by atoms with E-state index in [0.29, 0.717) is 36.6 Å². The van der Waals surface area contributed by atoms with E-state index in [1.54, 1.807) is 31.4 Å². The van der Waals surface area contributed by atoms with Gasteiger partial charge in [-0.05, 0) is 37.6 Å². The van der Waals surface area contributed by atoms with Gasteiger partial charge in [-0.25, -0.2) is 0 Å². The van der Waals surface area contributed by atoms with Gasteiger partial charge in [-0.15, -0.1) is 0 Å². The molecule has 1 rings (SSSR count). The molecule has 0 fully saturated rings. The molecule has 1 aromatic carbocycles. The fraction of sp³-hybridized carbons (Fsp3) is 0.467. The molecular formula is C15H21ClN2O3. The van der Waals surface area contributed by atoms with Gasteiger partial charge in [-0.1, -0.05) is 11.6 Å². The summed E-state index contributed by atoms with van der Waals surface area (Å²) in [6, 6.07) is 6.65. The first-order valence-electron chi connectivity index (χ1n) is 6.85. The second kappa shape index (κ2) is 9.37. The molecule has 2 N–H and O–H groups in total. The molecule has 0 saturated carbocycles. The Balaban J connectivity index is 2.20. The zero-order valence-corrected chi connectivity index (χ0v) is 13.1. The van der Waals surface area contributed by atoms with Crippen LogP contribution in [0.3, 0.4) is 0 Å². The predicted molar refractivity (Wildman–Crippen MR) is 82.5 cm³/mol. The molecule has 0 aromatic heterocycles. The number of amides is 2. The number of carbonyl (C=O) groups excluding carboxylic acids is 2. The molecule has 21 heavy (non-hydrogen) atoms. The normalized spacial score (nSPS) is 11.8. The lowest BCUT2D eigenvalue weighted by Crippen LogP contribution is -2.36. The number of rotatable bonds is 8. The molecule has 5 nitrogen and oxygen atoms in total. The molecule has 2 amide bonds. The van der Waals surface area contributed by atoms with Gasteiger partial charge in [0.25, 0.3) is 5.91 Å². The van der Waals surface area contributed by atoms with Crippen molar-refractivity contribution in [1.29, 1.82) is 0 Å². The summed E-state index contributed by atoms with van der Waals surface area (Å²) in [4.78, 5) is 23.4. The maximum absolute atomic E-state index is 11.8. The second-order valence-corrected chi connectivity index (χ2v) is 5.23. The molecule has 0 aliphatic heterocycles. The number of carbonyl (C=O) groups is 2. The van der Waals surface area contributed by atoms with Gasteiger partial charge in [0.2, 0.25) is 5.91 Å². The topological polar surface area (TPSA) is 67.4 Å². The van der Waals surface area contributed by atoms with E-state index in [4.69, 9.17) is 16.3 Å². The zero-order valence-electron chi connectivity index (χ0n) is 12.3. The van der Waals surface area contributed by atoms with Crippen molar-refractivity contribution in [3.05, 3.63) is 34.9 Å². The van der Waals surface area contributed by atoms with E-state index < -0.39 is 0 Å². The lowest BCUT2D eigenvalue weighted by atomic mass is 10.2. The highest BCUT2D eigenvalue weighted by molar-refractivity contribution is 6.30. The molecule has 0 spiro atoms. The Morgan fingerprint density at radius 1 is 1.29 bits per heavy atom. The monoisotopic (exact) mass is 312 g/mol. The summed E-state index contributed by atoms with van der Waals surface area (Å²) >= 11 is 5.76. The third kappa shape index (κ3) is 7.11. The van der Waals surface area contributed by atoms with Crippen molar-refractivity contribution >= 4 is 23.4 Å². The van der Waals surface area contributed by atoms with Crippen molar-refractivity contribution < 1.29 is 14.3 Å². The van der Waals surface area contributed by atoms with Gasteiger partial charge in [-0.3, -0.25) is 9.59 Å². The molecule has 6 heteroatoms. The van der Waals surface area contributed by atoms with Gasteiger partial charge in [0.05, 0.1) is 6.61 Å². The van der Waals surface area contributed by atoms with E-state index in [9.17, 15) is 9.59 Å².